The summed E-state index contributed by atoms with van der Waals surface area (Å²) < 4.78 is 53.2. The van der Waals surface area contributed by atoms with E-state index < -0.39 is 17.6 Å². The van der Waals surface area contributed by atoms with Crippen LogP contribution in [0.4, 0.5) is 28.0 Å². The molecule has 2 heterocycles. The summed E-state index contributed by atoms with van der Waals surface area (Å²) in [6, 6.07) is 2.91. The van der Waals surface area contributed by atoms with E-state index in [1.165, 1.54) is 6.07 Å². The van der Waals surface area contributed by atoms with Crippen molar-refractivity contribution in [1.29, 1.82) is 0 Å². The molecule has 1 atom stereocenters. The number of carbonyl (C=O) groups excluding carboxylic acids is 1. The number of nitrogens with one attached hydrogen (secondary N) is 1. The van der Waals surface area contributed by atoms with E-state index in [2.05, 4.69) is 15.3 Å². The van der Waals surface area contributed by atoms with Crippen molar-refractivity contribution in [3.8, 4) is 11.4 Å². The van der Waals surface area contributed by atoms with Crippen molar-refractivity contribution < 1.29 is 22.4 Å². The van der Waals surface area contributed by atoms with Crippen molar-refractivity contribution in [2.24, 2.45) is 0 Å². The molecular weight excluding hydrogens is 376 g/mol. The lowest BCUT2D eigenvalue weighted by atomic mass is 10.1. The highest BCUT2D eigenvalue weighted by atomic mass is 19.4. The van der Waals surface area contributed by atoms with Crippen LogP contribution in [0.1, 0.15) is 38.2 Å². The van der Waals surface area contributed by atoms with Crippen molar-refractivity contribution in [1.82, 2.24) is 14.9 Å². The number of likely N-dealkylation sites (tertiary alicyclic amines) is 1. The molecule has 0 spiro atoms. The van der Waals surface area contributed by atoms with Gasteiger partial charge in [-0.15, -0.1) is 0 Å². The van der Waals surface area contributed by atoms with Gasteiger partial charge in [0, 0.05) is 23.8 Å². The first-order valence-electron chi connectivity index (χ1n) is 9.02. The molecule has 0 unspecified atom stereocenters. The largest absolute Gasteiger partial charge is 0.417 e. The first-order valence-corrected chi connectivity index (χ1v) is 9.02. The number of nitrogens with zero attached hydrogens (tertiary/aromatic N) is 3. The summed E-state index contributed by atoms with van der Waals surface area (Å²) in [6.07, 6.45) is 0.806. The smallest absolute Gasteiger partial charge is 0.322 e. The van der Waals surface area contributed by atoms with E-state index in [4.69, 9.17) is 0 Å². The molecule has 5 nitrogen and oxygen atoms in total. The Balaban J connectivity index is 1.91. The highest BCUT2D eigenvalue weighted by Crippen LogP contribution is 2.37. The maximum Gasteiger partial charge on any atom is 0.417 e. The standard InChI is InChI=1S/C19H20F4N4O/c1-12-5-3-2-4-8-27(12)18(28)26-14-6-7-16(19(21,22)23)15(9-14)17-24-10-13(20)11-25-17/h6-7,9-12H,2-5,8H2,1H3,(H,26,28)/t12-/m0/s1. The molecule has 0 saturated carbocycles. The van der Waals surface area contributed by atoms with Gasteiger partial charge in [0.15, 0.2) is 11.6 Å². The summed E-state index contributed by atoms with van der Waals surface area (Å²) in [6.45, 7) is 2.55. The van der Waals surface area contributed by atoms with E-state index in [0.29, 0.717) is 6.54 Å². The summed E-state index contributed by atoms with van der Waals surface area (Å²) >= 11 is 0. The van der Waals surface area contributed by atoms with Gasteiger partial charge >= 0.3 is 12.2 Å². The molecule has 28 heavy (non-hydrogen) atoms. The van der Waals surface area contributed by atoms with Crippen LogP contribution < -0.4 is 5.32 Å². The van der Waals surface area contributed by atoms with Gasteiger partial charge in [-0.1, -0.05) is 12.8 Å². The molecule has 1 aromatic heterocycles. The molecule has 1 aromatic carbocycles. The average molecular weight is 396 g/mol. The quantitative estimate of drug-likeness (QED) is 0.719. The van der Waals surface area contributed by atoms with E-state index in [0.717, 1.165) is 50.2 Å². The van der Waals surface area contributed by atoms with Gasteiger partial charge < -0.3 is 10.2 Å². The maximum atomic E-state index is 13.4. The monoisotopic (exact) mass is 396 g/mol. The van der Waals surface area contributed by atoms with Crippen molar-refractivity contribution in [3.63, 3.8) is 0 Å². The maximum absolute atomic E-state index is 13.4. The molecule has 150 valence electrons. The van der Waals surface area contributed by atoms with Crippen LogP contribution >= 0.6 is 0 Å². The van der Waals surface area contributed by atoms with E-state index in [9.17, 15) is 22.4 Å². The number of rotatable bonds is 2. The minimum atomic E-state index is -4.64. The Bertz CT molecular complexity index is 839. The summed E-state index contributed by atoms with van der Waals surface area (Å²) in [4.78, 5) is 21.6. The van der Waals surface area contributed by atoms with Gasteiger partial charge in [-0.25, -0.2) is 19.2 Å². The zero-order valence-electron chi connectivity index (χ0n) is 15.3. The van der Waals surface area contributed by atoms with E-state index in [-0.39, 0.29) is 29.1 Å². The third kappa shape index (κ3) is 4.58. The second kappa shape index (κ2) is 8.12. The first-order chi connectivity index (χ1) is 13.3. The fourth-order valence-corrected chi connectivity index (χ4v) is 3.28. The molecule has 3 rings (SSSR count). The highest BCUT2D eigenvalue weighted by Gasteiger charge is 2.34. The lowest BCUT2D eigenvalue weighted by Crippen LogP contribution is -2.41. The number of carbonyl (C=O) groups is 1. The number of hydrogen-bond donors (Lipinski definition) is 1. The molecule has 0 bridgehead atoms. The van der Waals surface area contributed by atoms with Crippen LogP contribution in [0.3, 0.4) is 0 Å². The second-order valence-electron chi connectivity index (χ2n) is 6.80. The number of anilines is 1. The molecular formula is C19H20F4N4O. The van der Waals surface area contributed by atoms with Crippen LogP contribution in [-0.2, 0) is 6.18 Å². The third-order valence-corrected chi connectivity index (χ3v) is 4.75. The molecule has 0 aliphatic carbocycles. The van der Waals surface area contributed by atoms with Crippen molar-refractivity contribution in [2.75, 3.05) is 11.9 Å². The zero-order chi connectivity index (χ0) is 20.3. The fourth-order valence-electron chi connectivity index (χ4n) is 3.28. The number of hydrogen-bond acceptors (Lipinski definition) is 3. The Hall–Kier alpha value is -2.71. The number of benzene rings is 1. The summed E-state index contributed by atoms with van der Waals surface area (Å²) in [5.74, 6) is -1.02. The average Bonchev–Trinajstić information content (AvgIpc) is 2.86. The second-order valence-corrected chi connectivity index (χ2v) is 6.80. The van der Waals surface area contributed by atoms with Crippen LogP contribution in [0.5, 0.6) is 0 Å². The lowest BCUT2D eigenvalue weighted by Gasteiger charge is -2.27. The van der Waals surface area contributed by atoms with Crippen LogP contribution in [0.15, 0.2) is 30.6 Å². The van der Waals surface area contributed by atoms with Crippen LogP contribution in [0.2, 0.25) is 0 Å². The van der Waals surface area contributed by atoms with Gasteiger partial charge in [-0.05, 0) is 38.0 Å². The number of halogens is 4. The van der Waals surface area contributed by atoms with Gasteiger partial charge in [0.25, 0.3) is 0 Å². The Morgan fingerprint density at radius 2 is 1.89 bits per heavy atom. The summed E-state index contributed by atoms with van der Waals surface area (Å²) in [7, 11) is 0. The number of amides is 2. The minimum absolute atomic E-state index is 0.0526. The molecule has 2 aromatic rings. The van der Waals surface area contributed by atoms with Gasteiger partial charge in [0.1, 0.15) is 0 Å². The highest BCUT2D eigenvalue weighted by molar-refractivity contribution is 5.90. The summed E-state index contributed by atoms with van der Waals surface area (Å²) in [5.41, 5.74) is -1.09. The van der Waals surface area contributed by atoms with Crippen molar-refractivity contribution >= 4 is 11.7 Å². The van der Waals surface area contributed by atoms with Gasteiger partial charge in [-0.3, -0.25) is 0 Å². The third-order valence-electron chi connectivity index (χ3n) is 4.75. The molecule has 0 radical (unpaired) electrons. The molecule has 1 saturated heterocycles. The molecule has 1 aliphatic rings. The van der Waals surface area contributed by atoms with E-state index in [1.807, 2.05) is 6.92 Å². The Kier molecular flexibility index (Phi) is 5.81. The number of aromatic nitrogens is 2. The molecule has 1 fully saturated rings. The zero-order valence-corrected chi connectivity index (χ0v) is 15.3. The van der Waals surface area contributed by atoms with Crippen molar-refractivity contribution in [3.05, 3.63) is 42.0 Å². The predicted molar refractivity (Wildman–Crippen MR) is 96.1 cm³/mol. The van der Waals surface area contributed by atoms with E-state index in [1.54, 1.807) is 4.90 Å². The molecule has 9 heteroatoms. The number of urea groups is 1. The molecule has 2 amide bonds. The Morgan fingerprint density at radius 1 is 1.18 bits per heavy atom. The van der Waals surface area contributed by atoms with Crippen LogP contribution in [-0.4, -0.2) is 33.5 Å². The summed E-state index contributed by atoms with van der Waals surface area (Å²) in [5, 5.41) is 2.66. The minimum Gasteiger partial charge on any atom is -0.322 e. The van der Waals surface area contributed by atoms with Crippen LogP contribution in [0.25, 0.3) is 11.4 Å². The van der Waals surface area contributed by atoms with Crippen LogP contribution in [0, 0.1) is 5.82 Å². The molecule has 1 aliphatic heterocycles. The van der Waals surface area contributed by atoms with Crippen molar-refractivity contribution in [2.45, 2.75) is 44.8 Å². The fraction of sp³-hybridized carbons (Fsp3) is 0.421. The van der Waals surface area contributed by atoms with E-state index >= 15 is 0 Å². The normalized spacial score (nSPS) is 17.9. The lowest BCUT2D eigenvalue weighted by molar-refractivity contribution is -0.137. The Labute approximate surface area is 159 Å². The van der Waals surface area contributed by atoms with Gasteiger partial charge in [0.05, 0.1) is 18.0 Å². The SMILES string of the molecule is C[C@H]1CCCCCN1C(=O)Nc1ccc(C(F)(F)F)c(-c2ncc(F)cn2)c1. The number of alkyl halides is 3. The predicted octanol–water partition coefficient (Wildman–Crippen LogP) is 5.10. The first kappa shape index (κ1) is 20.0. The van der Waals surface area contributed by atoms with Gasteiger partial charge in [0.2, 0.25) is 0 Å². The van der Waals surface area contributed by atoms with Gasteiger partial charge in [-0.2, -0.15) is 13.2 Å². The molecule has 1 N–H and O–H groups in total. The Morgan fingerprint density at radius 3 is 2.57 bits per heavy atom. The topological polar surface area (TPSA) is 58.1 Å².